The van der Waals surface area contributed by atoms with Gasteiger partial charge in [-0.3, -0.25) is 4.90 Å². The first-order valence-electron chi connectivity index (χ1n) is 8.35. The van der Waals surface area contributed by atoms with Crippen LogP contribution >= 0.6 is 0 Å². The van der Waals surface area contributed by atoms with Crippen LogP contribution < -0.4 is 4.74 Å². The van der Waals surface area contributed by atoms with Crippen molar-refractivity contribution < 1.29 is 28.6 Å². The zero-order chi connectivity index (χ0) is 20.1. The van der Waals surface area contributed by atoms with Crippen molar-refractivity contribution in [3.63, 3.8) is 0 Å². The van der Waals surface area contributed by atoms with E-state index in [1.165, 1.54) is 20.9 Å². The van der Waals surface area contributed by atoms with Crippen LogP contribution in [0.1, 0.15) is 40.2 Å². The molecule has 1 aromatic carbocycles. The van der Waals surface area contributed by atoms with Gasteiger partial charge in [0.1, 0.15) is 17.4 Å². The van der Waals surface area contributed by atoms with Gasteiger partial charge in [-0.25, -0.2) is 14.4 Å². The van der Waals surface area contributed by atoms with Crippen LogP contribution in [0.5, 0.6) is 5.75 Å². The lowest BCUT2D eigenvalue weighted by molar-refractivity contribution is -0.176. The molecule has 0 aliphatic heterocycles. The molecule has 2 unspecified atom stereocenters. The zero-order valence-electron chi connectivity index (χ0n) is 16.4. The summed E-state index contributed by atoms with van der Waals surface area (Å²) in [5, 5.41) is 0. The highest BCUT2D eigenvalue weighted by Crippen LogP contribution is 2.14. The van der Waals surface area contributed by atoms with E-state index in [1.807, 2.05) is 19.1 Å². The molecule has 26 heavy (non-hydrogen) atoms. The first-order valence-corrected chi connectivity index (χ1v) is 8.35. The van der Waals surface area contributed by atoms with Crippen molar-refractivity contribution in [1.82, 2.24) is 4.90 Å². The van der Waals surface area contributed by atoms with Gasteiger partial charge < -0.3 is 14.2 Å². The molecule has 0 N–H and O–H groups in total. The molecule has 2 atom stereocenters. The number of carbonyl (C=O) groups excluding carboxylic acids is 3. The Morgan fingerprint density at radius 2 is 1.54 bits per heavy atom. The van der Waals surface area contributed by atoms with Gasteiger partial charge in [0.25, 0.3) is 0 Å². The Balaban J connectivity index is 2.61. The van der Waals surface area contributed by atoms with Crippen molar-refractivity contribution in [3.05, 3.63) is 29.8 Å². The Hall–Kier alpha value is -2.57. The van der Waals surface area contributed by atoms with Crippen molar-refractivity contribution in [3.8, 4) is 5.75 Å². The van der Waals surface area contributed by atoms with E-state index >= 15 is 0 Å². The van der Waals surface area contributed by atoms with Crippen LogP contribution in [0.15, 0.2) is 24.3 Å². The number of benzene rings is 1. The highest BCUT2D eigenvalue weighted by Gasteiger charge is 2.30. The largest absolute Gasteiger partial charge is 0.457 e. The molecule has 0 bridgehead atoms. The van der Waals surface area contributed by atoms with Crippen LogP contribution in [0.4, 0.5) is 4.79 Å². The lowest BCUT2D eigenvalue weighted by Crippen LogP contribution is -2.44. The number of esters is 2. The SMILES string of the molecule is Cc1ccc(OC(=O)N(C)C(C)C(=O)OC(C)C(=O)OC(C)(C)C)cc1. The third-order valence-electron chi connectivity index (χ3n) is 3.47. The van der Waals surface area contributed by atoms with E-state index in [-0.39, 0.29) is 0 Å². The summed E-state index contributed by atoms with van der Waals surface area (Å²) < 4.78 is 15.5. The number of ether oxygens (including phenoxy) is 3. The highest BCUT2D eigenvalue weighted by molar-refractivity contribution is 5.84. The van der Waals surface area contributed by atoms with Crippen LogP contribution in [0, 0.1) is 6.92 Å². The van der Waals surface area contributed by atoms with Gasteiger partial charge in [0, 0.05) is 7.05 Å². The highest BCUT2D eigenvalue weighted by atomic mass is 16.6. The molecular weight excluding hydrogens is 338 g/mol. The van der Waals surface area contributed by atoms with Crippen molar-refractivity contribution in [1.29, 1.82) is 0 Å². The lowest BCUT2D eigenvalue weighted by Gasteiger charge is -2.25. The van der Waals surface area contributed by atoms with Crippen molar-refractivity contribution in [2.45, 2.75) is 59.3 Å². The Kier molecular flexibility index (Phi) is 7.18. The average molecular weight is 365 g/mol. The Morgan fingerprint density at radius 3 is 2.04 bits per heavy atom. The van der Waals surface area contributed by atoms with Crippen molar-refractivity contribution in [2.75, 3.05) is 7.05 Å². The Morgan fingerprint density at radius 1 is 1.00 bits per heavy atom. The molecule has 1 aromatic rings. The molecule has 0 aliphatic rings. The van der Waals surface area contributed by atoms with Gasteiger partial charge in [-0.2, -0.15) is 0 Å². The number of hydrogen-bond acceptors (Lipinski definition) is 6. The average Bonchev–Trinajstić information content (AvgIpc) is 2.53. The number of likely N-dealkylation sites (N-methyl/N-ethyl adjacent to an activating group) is 1. The second-order valence-electron chi connectivity index (χ2n) is 7.08. The molecule has 7 nitrogen and oxygen atoms in total. The number of amides is 1. The van der Waals surface area contributed by atoms with Crippen molar-refractivity contribution >= 4 is 18.0 Å². The predicted molar refractivity (Wildman–Crippen MR) is 95.8 cm³/mol. The second-order valence-corrected chi connectivity index (χ2v) is 7.08. The molecular formula is C19H27NO6. The molecule has 0 aromatic heterocycles. The fraction of sp³-hybridized carbons (Fsp3) is 0.526. The zero-order valence-corrected chi connectivity index (χ0v) is 16.4. The summed E-state index contributed by atoms with van der Waals surface area (Å²) >= 11 is 0. The summed E-state index contributed by atoms with van der Waals surface area (Å²) in [7, 11) is 1.42. The third-order valence-corrected chi connectivity index (χ3v) is 3.47. The second kappa shape index (κ2) is 8.69. The lowest BCUT2D eigenvalue weighted by atomic mass is 10.2. The van der Waals surface area contributed by atoms with Crippen LogP contribution in [0.3, 0.4) is 0 Å². The fourth-order valence-corrected chi connectivity index (χ4v) is 1.80. The van der Waals surface area contributed by atoms with Gasteiger partial charge in [-0.1, -0.05) is 17.7 Å². The smallest absolute Gasteiger partial charge is 0.415 e. The molecule has 1 rings (SSSR count). The van der Waals surface area contributed by atoms with E-state index in [0.717, 1.165) is 10.5 Å². The van der Waals surface area contributed by atoms with Crippen LogP contribution in [0.25, 0.3) is 0 Å². The standard InChI is InChI=1S/C19H27NO6/c1-12-8-10-15(11-9-12)25-18(23)20(7)13(2)16(21)24-14(3)17(22)26-19(4,5)6/h8-11,13-14H,1-7H3. The maximum Gasteiger partial charge on any atom is 0.415 e. The number of rotatable bonds is 5. The maximum absolute atomic E-state index is 12.2. The molecule has 144 valence electrons. The van der Waals surface area contributed by atoms with Crippen molar-refractivity contribution in [2.24, 2.45) is 0 Å². The topological polar surface area (TPSA) is 82.1 Å². The fourth-order valence-electron chi connectivity index (χ4n) is 1.80. The minimum absolute atomic E-state index is 0.371. The van der Waals surface area contributed by atoms with Crippen LogP contribution in [-0.2, 0) is 19.1 Å². The van der Waals surface area contributed by atoms with E-state index in [0.29, 0.717) is 5.75 Å². The van der Waals surface area contributed by atoms with Gasteiger partial charge >= 0.3 is 18.0 Å². The first kappa shape index (κ1) is 21.5. The van der Waals surface area contributed by atoms with E-state index in [1.54, 1.807) is 32.9 Å². The van der Waals surface area contributed by atoms with Gasteiger partial charge in [0.05, 0.1) is 0 Å². The van der Waals surface area contributed by atoms with Crippen LogP contribution in [0.2, 0.25) is 0 Å². The summed E-state index contributed by atoms with van der Waals surface area (Å²) in [4.78, 5) is 37.3. The van der Waals surface area contributed by atoms with Gasteiger partial charge in [0.2, 0.25) is 0 Å². The summed E-state index contributed by atoms with van der Waals surface area (Å²) in [6.45, 7) is 9.98. The van der Waals surface area contributed by atoms with Gasteiger partial charge in [0.15, 0.2) is 6.10 Å². The normalized spacial score (nSPS) is 13.3. The molecule has 1 amide bonds. The third kappa shape index (κ3) is 6.74. The van der Waals surface area contributed by atoms with E-state index in [2.05, 4.69) is 0 Å². The molecule has 0 fully saturated rings. The monoisotopic (exact) mass is 365 g/mol. The summed E-state index contributed by atoms with van der Waals surface area (Å²) in [6.07, 6.45) is -1.78. The molecule has 7 heteroatoms. The molecule has 0 spiro atoms. The first-order chi connectivity index (χ1) is 11.9. The quantitative estimate of drug-likeness (QED) is 0.746. The number of carbonyl (C=O) groups is 3. The molecule has 0 heterocycles. The molecule has 0 aliphatic carbocycles. The maximum atomic E-state index is 12.2. The number of hydrogen-bond donors (Lipinski definition) is 0. The molecule has 0 saturated carbocycles. The van der Waals surface area contributed by atoms with Gasteiger partial charge in [-0.15, -0.1) is 0 Å². The van der Waals surface area contributed by atoms with E-state index in [9.17, 15) is 14.4 Å². The summed E-state index contributed by atoms with van der Waals surface area (Å²) in [6, 6.07) is 6.01. The Bertz CT molecular complexity index is 647. The Labute approximate surface area is 154 Å². The number of nitrogens with zero attached hydrogens (tertiary/aromatic N) is 1. The van der Waals surface area contributed by atoms with Gasteiger partial charge in [-0.05, 0) is 53.7 Å². The minimum atomic E-state index is -1.08. The summed E-state index contributed by atoms with van der Waals surface area (Å²) in [5.74, 6) is -1.01. The number of aryl methyl sites for hydroxylation is 1. The molecule has 0 saturated heterocycles. The molecule has 0 radical (unpaired) electrons. The minimum Gasteiger partial charge on any atom is -0.457 e. The predicted octanol–water partition coefficient (Wildman–Crippen LogP) is 3.09. The summed E-state index contributed by atoms with van der Waals surface area (Å²) in [5.41, 5.74) is 0.351. The van der Waals surface area contributed by atoms with Crippen LogP contribution in [-0.4, -0.2) is 47.7 Å². The van der Waals surface area contributed by atoms with E-state index in [4.69, 9.17) is 14.2 Å². The van der Waals surface area contributed by atoms with E-state index < -0.39 is 35.8 Å².